The standard InChI is InChI=1S/C22H24O9/c1-6-15-16(11-19(23)27-3)20(13-8-7-9-14(10-13)26-2)18(31-22(25)29-5)12-17(15)30-21(24)28-4/h7-10,12H,6,11H2,1-5H3. The summed E-state index contributed by atoms with van der Waals surface area (Å²) in [5, 5.41) is 0. The predicted octanol–water partition coefficient (Wildman–Crippen LogP) is 3.93. The molecule has 0 saturated heterocycles. The second-order valence-corrected chi connectivity index (χ2v) is 6.16. The van der Waals surface area contributed by atoms with Crippen molar-refractivity contribution >= 4 is 18.3 Å². The van der Waals surface area contributed by atoms with E-state index in [0.717, 1.165) is 7.11 Å². The van der Waals surface area contributed by atoms with E-state index >= 15 is 0 Å². The molecular weight excluding hydrogens is 408 g/mol. The monoisotopic (exact) mass is 432 g/mol. The molecule has 0 aliphatic carbocycles. The Bertz CT molecular complexity index is 966. The molecule has 0 amide bonds. The van der Waals surface area contributed by atoms with E-state index in [9.17, 15) is 14.4 Å². The third-order valence-electron chi connectivity index (χ3n) is 4.45. The van der Waals surface area contributed by atoms with Gasteiger partial charge in [0, 0.05) is 11.6 Å². The zero-order valence-electron chi connectivity index (χ0n) is 18.0. The lowest BCUT2D eigenvalue weighted by Gasteiger charge is -2.21. The van der Waals surface area contributed by atoms with Gasteiger partial charge in [-0.05, 0) is 35.2 Å². The summed E-state index contributed by atoms with van der Waals surface area (Å²) in [4.78, 5) is 35.9. The molecule has 0 radical (unpaired) electrons. The predicted molar refractivity (Wildman–Crippen MR) is 110 cm³/mol. The first-order valence-corrected chi connectivity index (χ1v) is 9.29. The maximum atomic E-state index is 12.2. The lowest BCUT2D eigenvalue weighted by molar-refractivity contribution is -0.139. The van der Waals surface area contributed by atoms with Crippen LogP contribution in [0.15, 0.2) is 30.3 Å². The molecule has 0 unspecified atom stereocenters. The first-order valence-electron chi connectivity index (χ1n) is 9.29. The quantitative estimate of drug-likeness (QED) is 0.365. The fourth-order valence-electron chi connectivity index (χ4n) is 3.06. The summed E-state index contributed by atoms with van der Waals surface area (Å²) in [6.45, 7) is 1.83. The second-order valence-electron chi connectivity index (χ2n) is 6.16. The van der Waals surface area contributed by atoms with Crippen molar-refractivity contribution in [1.29, 1.82) is 0 Å². The molecule has 0 aromatic heterocycles. The fourth-order valence-corrected chi connectivity index (χ4v) is 3.06. The second kappa shape index (κ2) is 10.9. The Morgan fingerprint density at radius 1 is 0.806 bits per heavy atom. The summed E-state index contributed by atoms with van der Waals surface area (Å²) in [5.41, 5.74) is 2.05. The molecule has 0 saturated carbocycles. The molecule has 0 bridgehead atoms. The van der Waals surface area contributed by atoms with Crippen LogP contribution < -0.4 is 14.2 Å². The zero-order valence-corrected chi connectivity index (χ0v) is 18.0. The van der Waals surface area contributed by atoms with Crippen molar-refractivity contribution in [1.82, 2.24) is 0 Å². The van der Waals surface area contributed by atoms with Crippen LogP contribution in [0.3, 0.4) is 0 Å². The molecule has 0 aliphatic rings. The van der Waals surface area contributed by atoms with Crippen molar-refractivity contribution in [3.63, 3.8) is 0 Å². The molecule has 0 heterocycles. The maximum Gasteiger partial charge on any atom is 0.513 e. The molecule has 0 atom stereocenters. The van der Waals surface area contributed by atoms with Gasteiger partial charge in [0.2, 0.25) is 0 Å². The number of ether oxygens (including phenoxy) is 6. The highest BCUT2D eigenvalue weighted by atomic mass is 16.7. The van der Waals surface area contributed by atoms with E-state index in [2.05, 4.69) is 9.47 Å². The lowest BCUT2D eigenvalue weighted by Crippen LogP contribution is -2.15. The third kappa shape index (κ3) is 5.65. The average Bonchev–Trinajstić information content (AvgIpc) is 2.78. The van der Waals surface area contributed by atoms with Crippen LogP contribution in [0.1, 0.15) is 18.1 Å². The lowest BCUT2D eigenvalue weighted by atomic mass is 9.90. The molecule has 0 N–H and O–H groups in total. The van der Waals surface area contributed by atoms with Gasteiger partial charge in [-0.2, -0.15) is 0 Å². The van der Waals surface area contributed by atoms with Crippen molar-refractivity contribution in [2.24, 2.45) is 0 Å². The molecule has 31 heavy (non-hydrogen) atoms. The van der Waals surface area contributed by atoms with Crippen LogP contribution in [0.2, 0.25) is 0 Å². The van der Waals surface area contributed by atoms with Gasteiger partial charge in [-0.25, -0.2) is 9.59 Å². The van der Waals surface area contributed by atoms with E-state index in [-0.39, 0.29) is 17.9 Å². The van der Waals surface area contributed by atoms with Crippen molar-refractivity contribution in [3.8, 4) is 28.4 Å². The summed E-state index contributed by atoms with van der Waals surface area (Å²) in [6.07, 6.45) is -1.71. The summed E-state index contributed by atoms with van der Waals surface area (Å²) in [6, 6.07) is 8.37. The van der Waals surface area contributed by atoms with Gasteiger partial charge < -0.3 is 28.4 Å². The van der Waals surface area contributed by atoms with Crippen LogP contribution in [-0.2, 0) is 31.8 Å². The normalized spacial score (nSPS) is 10.1. The Labute approximate surface area is 179 Å². The fraction of sp³-hybridized carbons (Fsp3) is 0.318. The molecule has 0 spiro atoms. The Kier molecular flexibility index (Phi) is 8.25. The maximum absolute atomic E-state index is 12.2. The molecule has 2 aromatic rings. The number of methoxy groups -OCH3 is 4. The molecular formula is C22H24O9. The van der Waals surface area contributed by atoms with E-state index < -0.39 is 18.3 Å². The van der Waals surface area contributed by atoms with Gasteiger partial charge >= 0.3 is 18.3 Å². The first kappa shape index (κ1) is 23.5. The molecule has 0 fully saturated rings. The van der Waals surface area contributed by atoms with Crippen LogP contribution in [0.25, 0.3) is 11.1 Å². The molecule has 0 aliphatic heterocycles. The number of benzene rings is 2. The minimum atomic E-state index is -0.985. The molecule has 166 valence electrons. The topological polar surface area (TPSA) is 107 Å². The number of hydrogen-bond donors (Lipinski definition) is 0. The SMILES string of the molecule is CCc1c(OC(=O)OC)cc(OC(=O)OC)c(-c2cccc(OC)c2)c1CC(=O)OC. The van der Waals surface area contributed by atoms with E-state index in [4.69, 9.17) is 18.9 Å². The summed E-state index contributed by atoms with van der Waals surface area (Å²) in [5.74, 6) is 0.130. The smallest absolute Gasteiger partial charge is 0.497 e. The summed E-state index contributed by atoms with van der Waals surface area (Å²) < 4.78 is 30.0. The number of carbonyl (C=O) groups excluding carboxylic acids is 3. The summed E-state index contributed by atoms with van der Waals surface area (Å²) in [7, 11) is 5.11. The molecule has 9 nitrogen and oxygen atoms in total. The Hall–Kier alpha value is -3.75. The average molecular weight is 432 g/mol. The number of rotatable bonds is 7. The van der Waals surface area contributed by atoms with Crippen LogP contribution in [-0.4, -0.2) is 46.7 Å². The highest BCUT2D eigenvalue weighted by Crippen LogP contribution is 2.42. The van der Waals surface area contributed by atoms with E-state index in [1.165, 1.54) is 27.4 Å². The van der Waals surface area contributed by atoms with Crippen LogP contribution >= 0.6 is 0 Å². The van der Waals surface area contributed by atoms with Crippen molar-refractivity contribution in [2.75, 3.05) is 28.4 Å². The number of carbonyl (C=O) groups is 3. The van der Waals surface area contributed by atoms with Crippen molar-refractivity contribution < 1.29 is 42.8 Å². The highest BCUT2D eigenvalue weighted by Gasteiger charge is 2.25. The van der Waals surface area contributed by atoms with Crippen molar-refractivity contribution in [3.05, 3.63) is 41.5 Å². The van der Waals surface area contributed by atoms with E-state index in [0.29, 0.717) is 34.4 Å². The number of esters is 1. The molecule has 2 aromatic carbocycles. The largest absolute Gasteiger partial charge is 0.513 e. The zero-order chi connectivity index (χ0) is 23.0. The minimum Gasteiger partial charge on any atom is -0.497 e. The minimum absolute atomic E-state index is 0.0232. The Balaban J connectivity index is 2.87. The number of hydrogen-bond acceptors (Lipinski definition) is 9. The van der Waals surface area contributed by atoms with Crippen LogP contribution in [0.4, 0.5) is 9.59 Å². The van der Waals surface area contributed by atoms with Gasteiger partial charge in [-0.3, -0.25) is 4.79 Å². The van der Waals surface area contributed by atoms with Gasteiger partial charge in [0.15, 0.2) is 0 Å². The summed E-state index contributed by atoms with van der Waals surface area (Å²) >= 11 is 0. The third-order valence-corrected chi connectivity index (χ3v) is 4.45. The van der Waals surface area contributed by atoms with Gasteiger partial charge in [0.25, 0.3) is 0 Å². The van der Waals surface area contributed by atoms with Gasteiger partial charge in [-0.1, -0.05) is 19.1 Å². The molecule has 2 rings (SSSR count). The van der Waals surface area contributed by atoms with Gasteiger partial charge in [0.1, 0.15) is 17.2 Å². The highest BCUT2D eigenvalue weighted by molar-refractivity contribution is 5.85. The Morgan fingerprint density at radius 2 is 1.45 bits per heavy atom. The van der Waals surface area contributed by atoms with E-state index in [1.54, 1.807) is 24.3 Å². The molecule has 9 heteroatoms. The first-order chi connectivity index (χ1) is 14.9. The van der Waals surface area contributed by atoms with Crippen molar-refractivity contribution in [2.45, 2.75) is 19.8 Å². The Morgan fingerprint density at radius 3 is 2.00 bits per heavy atom. The van der Waals surface area contributed by atoms with Crippen LogP contribution in [0, 0.1) is 0 Å². The van der Waals surface area contributed by atoms with Gasteiger partial charge in [0.05, 0.1) is 34.9 Å². The van der Waals surface area contributed by atoms with Crippen LogP contribution in [0.5, 0.6) is 17.2 Å². The van der Waals surface area contributed by atoms with E-state index in [1.807, 2.05) is 6.92 Å². The van der Waals surface area contributed by atoms with Gasteiger partial charge in [-0.15, -0.1) is 0 Å².